The van der Waals surface area contributed by atoms with Crippen LogP contribution in [0.4, 0.5) is 0 Å². The first-order chi connectivity index (χ1) is 21.5. The van der Waals surface area contributed by atoms with Gasteiger partial charge in [0.2, 0.25) is 0 Å². The second-order valence-electron chi connectivity index (χ2n) is 10.4. The van der Waals surface area contributed by atoms with Crippen LogP contribution in [0.15, 0.2) is 128 Å². The minimum Gasteiger partial charge on any atom is -0.393 e. The molecular weight excluding hydrogens is 773 g/mol. The molecule has 45 heavy (non-hydrogen) atoms. The number of aromatic nitrogens is 2. The second-order valence-corrected chi connectivity index (χ2v) is 12.5. The minimum absolute atomic E-state index is 0. The van der Waals surface area contributed by atoms with Crippen molar-refractivity contribution in [2.24, 2.45) is 5.92 Å². The van der Waals surface area contributed by atoms with E-state index >= 15 is 0 Å². The van der Waals surface area contributed by atoms with Gasteiger partial charge in [-0.05, 0) is 50.2 Å². The predicted octanol–water partition coefficient (Wildman–Crippen LogP) is 9.13. The predicted molar refractivity (Wildman–Crippen MR) is 185 cm³/mol. The summed E-state index contributed by atoms with van der Waals surface area (Å²) in [5.74, 6) is -0.0878. The van der Waals surface area contributed by atoms with Gasteiger partial charge in [0.15, 0.2) is 0 Å². The summed E-state index contributed by atoms with van der Waals surface area (Å²) in [6.07, 6.45) is 3.29. The topological polar surface area (TPSA) is 66.2 Å². The van der Waals surface area contributed by atoms with Crippen molar-refractivity contribution in [2.75, 3.05) is 0 Å². The van der Waals surface area contributed by atoms with Gasteiger partial charge >= 0.3 is 0 Å². The van der Waals surface area contributed by atoms with Gasteiger partial charge in [-0.25, -0.2) is 22.7 Å². The molecule has 0 bridgehead atoms. The van der Waals surface area contributed by atoms with Crippen LogP contribution in [0.25, 0.3) is 41.3 Å². The van der Waals surface area contributed by atoms with Crippen molar-refractivity contribution in [1.82, 2.24) is 9.97 Å². The summed E-state index contributed by atoms with van der Waals surface area (Å²) in [6.45, 7) is 3.57. The third-order valence-corrected chi connectivity index (χ3v) is 9.33. The van der Waals surface area contributed by atoms with Crippen LogP contribution in [0, 0.1) is 18.1 Å². The Morgan fingerprint density at radius 3 is 1.47 bits per heavy atom. The van der Waals surface area contributed by atoms with E-state index in [0.29, 0.717) is 6.42 Å². The number of aliphatic hydroxyl groups excluding tert-OH is 2. The molecule has 0 spiro atoms. The van der Waals surface area contributed by atoms with E-state index in [4.69, 9.17) is 0 Å². The zero-order valence-corrected chi connectivity index (χ0v) is 29.0. The van der Waals surface area contributed by atoms with E-state index < -0.39 is 12.2 Å². The molecule has 7 rings (SSSR count). The number of pyridine rings is 2. The fourth-order valence-corrected chi connectivity index (χ4v) is 6.39. The Bertz CT molecular complexity index is 1680. The molecule has 3 aromatic carbocycles. The van der Waals surface area contributed by atoms with Gasteiger partial charge in [0.25, 0.3) is 0 Å². The smallest absolute Gasteiger partial charge is 0.0630 e. The summed E-state index contributed by atoms with van der Waals surface area (Å²) in [6, 6.07) is 45.0. The number of nitrogens with zero attached hydrogens (tertiary/aromatic N) is 2. The van der Waals surface area contributed by atoms with Crippen LogP contribution in [-0.2, 0) is 26.5 Å². The van der Waals surface area contributed by atoms with Gasteiger partial charge in [0.05, 0.1) is 12.2 Å². The number of fused-ring (bicyclic) bond motifs is 2. The van der Waals surface area contributed by atoms with Crippen LogP contribution in [0.1, 0.15) is 19.4 Å². The number of aliphatic hydroxyl groups is 2. The quantitative estimate of drug-likeness (QED) is 0.165. The third-order valence-electron chi connectivity index (χ3n) is 7.15. The number of benzene rings is 3. The molecule has 0 amide bonds. The molecule has 7 aromatic rings. The zero-order chi connectivity index (χ0) is 30.7. The van der Waals surface area contributed by atoms with E-state index in [1.807, 2.05) is 98.2 Å². The van der Waals surface area contributed by atoms with Gasteiger partial charge in [-0.1, -0.05) is 85.8 Å². The van der Waals surface area contributed by atoms with E-state index in [1.165, 1.54) is 20.2 Å². The van der Waals surface area contributed by atoms with Crippen molar-refractivity contribution < 1.29 is 30.3 Å². The molecule has 1 radical (unpaired) electrons. The SMILES string of the molecule is CC(O)C(C)C(O)Cc1ccccc1.[Ir].[c-]1c(-c2ccccn2)sc2ccccc12.[c-]1c(-c2ccccn2)sc2ccccc12. The van der Waals surface area contributed by atoms with Crippen LogP contribution in [0.5, 0.6) is 0 Å². The minimum atomic E-state index is -0.475. The van der Waals surface area contributed by atoms with Crippen molar-refractivity contribution in [3.63, 3.8) is 0 Å². The van der Waals surface area contributed by atoms with Gasteiger partial charge in [0, 0.05) is 49.8 Å². The molecule has 231 valence electrons. The maximum atomic E-state index is 9.78. The Morgan fingerprint density at radius 2 is 1.04 bits per heavy atom. The summed E-state index contributed by atoms with van der Waals surface area (Å²) >= 11 is 3.46. The summed E-state index contributed by atoms with van der Waals surface area (Å²) < 4.78 is 2.52. The van der Waals surface area contributed by atoms with Gasteiger partial charge in [-0.3, -0.25) is 0 Å². The molecule has 4 aromatic heterocycles. The Labute approximate surface area is 286 Å². The molecule has 2 N–H and O–H groups in total. The van der Waals surface area contributed by atoms with Crippen LogP contribution < -0.4 is 0 Å². The first-order valence-corrected chi connectivity index (χ1v) is 16.2. The van der Waals surface area contributed by atoms with Crippen molar-refractivity contribution in [3.8, 4) is 21.1 Å². The Kier molecular flexibility index (Phi) is 13.1. The summed E-state index contributed by atoms with van der Waals surface area (Å²) in [7, 11) is 0. The van der Waals surface area contributed by atoms with Crippen LogP contribution >= 0.6 is 22.7 Å². The van der Waals surface area contributed by atoms with Gasteiger partial charge in [-0.15, -0.1) is 47.2 Å². The van der Waals surface area contributed by atoms with E-state index in [9.17, 15) is 10.2 Å². The van der Waals surface area contributed by atoms with Gasteiger partial charge < -0.3 is 20.2 Å². The molecule has 4 heterocycles. The van der Waals surface area contributed by atoms with Crippen LogP contribution in [0.2, 0.25) is 0 Å². The largest absolute Gasteiger partial charge is 0.393 e. The Morgan fingerprint density at radius 1 is 0.600 bits per heavy atom. The number of hydrogen-bond acceptors (Lipinski definition) is 6. The van der Waals surface area contributed by atoms with E-state index in [0.717, 1.165) is 26.7 Å². The maximum Gasteiger partial charge on any atom is 0.0630 e. The third kappa shape index (κ3) is 9.72. The average molecular weight is 807 g/mol. The Balaban J connectivity index is 0.000000152. The summed E-state index contributed by atoms with van der Waals surface area (Å²) in [5, 5.41) is 21.4. The molecule has 0 aliphatic heterocycles. The van der Waals surface area contributed by atoms with Gasteiger partial charge in [-0.2, -0.15) is 0 Å². The average Bonchev–Trinajstić information content (AvgIpc) is 3.71. The zero-order valence-electron chi connectivity index (χ0n) is 25.0. The van der Waals surface area contributed by atoms with Crippen molar-refractivity contribution in [3.05, 3.63) is 145 Å². The molecule has 0 saturated heterocycles. The summed E-state index contributed by atoms with van der Waals surface area (Å²) in [4.78, 5) is 10.9. The second kappa shape index (κ2) is 17.2. The summed E-state index contributed by atoms with van der Waals surface area (Å²) in [5.41, 5.74) is 3.10. The molecule has 4 nitrogen and oxygen atoms in total. The first kappa shape index (κ1) is 34.3. The first-order valence-electron chi connectivity index (χ1n) is 14.5. The Hall–Kier alpha value is -3.55. The van der Waals surface area contributed by atoms with E-state index in [1.54, 1.807) is 29.6 Å². The molecule has 0 aliphatic rings. The normalized spacial score (nSPS) is 12.5. The number of rotatable bonds is 6. The van der Waals surface area contributed by atoms with E-state index in [2.05, 4.69) is 58.5 Å². The molecule has 3 atom stereocenters. The van der Waals surface area contributed by atoms with Crippen molar-refractivity contribution in [2.45, 2.75) is 32.5 Å². The van der Waals surface area contributed by atoms with Crippen molar-refractivity contribution in [1.29, 1.82) is 0 Å². The molecular formula is C38H34IrN2O2S2-2. The van der Waals surface area contributed by atoms with E-state index in [-0.39, 0.29) is 26.0 Å². The molecule has 0 saturated carbocycles. The number of thiophene rings is 2. The fraction of sp³-hybridized carbons (Fsp3) is 0.158. The monoisotopic (exact) mass is 807 g/mol. The van der Waals surface area contributed by atoms with Crippen LogP contribution in [-0.4, -0.2) is 32.4 Å². The molecule has 7 heteroatoms. The fourth-order valence-electron chi connectivity index (χ4n) is 4.42. The molecule has 0 fully saturated rings. The van der Waals surface area contributed by atoms with Crippen LogP contribution in [0.3, 0.4) is 0 Å². The molecule has 0 aliphatic carbocycles. The van der Waals surface area contributed by atoms with Crippen molar-refractivity contribution >= 4 is 42.8 Å². The van der Waals surface area contributed by atoms with Gasteiger partial charge in [0.1, 0.15) is 0 Å². The standard InChI is InChI=1S/2C13H8NS.C12H18O2.Ir/c2*1-2-7-12-10(5-1)9-13(15-12)11-6-3-4-8-14-11;1-9(10(2)13)12(14)8-11-6-4-3-5-7-11;/h2*1-8H;3-7,9-10,12-14H,8H2,1-2H3;/q2*-1;;. The molecule has 3 unspecified atom stereocenters. The number of hydrogen-bond donors (Lipinski definition) is 2. The maximum absolute atomic E-state index is 9.78.